The van der Waals surface area contributed by atoms with Crippen LogP contribution in [-0.2, 0) is 0 Å². The highest BCUT2D eigenvalue weighted by Gasteiger charge is 2.28. The molecule has 0 aromatic carbocycles. The molecule has 0 rings (SSSR count). The monoisotopic (exact) mass is 214 g/mol. The van der Waals surface area contributed by atoms with Crippen molar-refractivity contribution in [2.75, 3.05) is 7.05 Å². The lowest BCUT2D eigenvalue weighted by Gasteiger charge is -2.34. The van der Waals surface area contributed by atoms with Crippen molar-refractivity contribution in [2.45, 2.75) is 64.8 Å². The minimum atomic E-state index is -0.0506. The van der Waals surface area contributed by atoms with Gasteiger partial charge >= 0.3 is 6.03 Å². The highest BCUT2D eigenvalue weighted by atomic mass is 16.2. The SMILES string of the molecule is CCCC(CCC)(CCC)NC(=O)NC. The number of amides is 2. The molecular weight excluding hydrogens is 188 g/mol. The van der Waals surface area contributed by atoms with Crippen LogP contribution in [0.4, 0.5) is 4.79 Å². The molecule has 0 saturated carbocycles. The summed E-state index contributed by atoms with van der Waals surface area (Å²) < 4.78 is 0. The van der Waals surface area contributed by atoms with Crippen LogP contribution in [0.15, 0.2) is 0 Å². The quantitative estimate of drug-likeness (QED) is 0.672. The Balaban J connectivity index is 4.51. The molecule has 0 atom stereocenters. The predicted molar refractivity (Wildman–Crippen MR) is 65.0 cm³/mol. The summed E-state index contributed by atoms with van der Waals surface area (Å²) in [6.07, 6.45) is 6.56. The van der Waals surface area contributed by atoms with Gasteiger partial charge in [-0.05, 0) is 19.3 Å². The highest BCUT2D eigenvalue weighted by molar-refractivity contribution is 5.74. The van der Waals surface area contributed by atoms with Crippen LogP contribution in [0.2, 0.25) is 0 Å². The van der Waals surface area contributed by atoms with E-state index in [1.165, 1.54) is 0 Å². The molecule has 0 aliphatic rings. The molecule has 15 heavy (non-hydrogen) atoms. The van der Waals surface area contributed by atoms with Crippen molar-refractivity contribution in [1.82, 2.24) is 10.6 Å². The van der Waals surface area contributed by atoms with Crippen molar-refractivity contribution in [2.24, 2.45) is 0 Å². The number of hydrogen-bond acceptors (Lipinski definition) is 1. The Bertz CT molecular complexity index is 163. The first-order valence-corrected chi connectivity index (χ1v) is 6.14. The molecule has 3 nitrogen and oxygen atoms in total. The second-order valence-electron chi connectivity index (χ2n) is 4.23. The summed E-state index contributed by atoms with van der Waals surface area (Å²) in [4.78, 5) is 11.4. The fourth-order valence-electron chi connectivity index (χ4n) is 2.30. The fraction of sp³-hybridized carbons (Fsp3) is 0.917. The van der Waals surface area contributed by atoms with Crippen LogP contribution in [0.3, 0.4) is 0 Å². The van der Waals surface area contributed by atoms with Gasteiger partial charge in [0.05, 0.1) is 0 Å². The Morgan fingerprint density at radius 1 is 1.00 bits per heavy atom. The molecule has 0 radical (unpaired) electrons. The molecule has 0 aromatic heterocycles. The summed E-state index contributed by atoms with van der Waals surface area (Å²) in [5.74, 6) is 0. The van der Waals surface area contributed by atoms with Crippen molar-refractivity contribution in [3.05, 3.63) is 0 Å². The number of rotatable bonds is 7. The molecule has 0 bridgehead atoms. The average Bonchev–Trinajstić information content (AvgIpc) is 2.18. The van der Waals surface area contributed by atoms with Gasteiger partial charge in [-0.1, -0.05) is 40.0 Å². The van der Waals surface area contributed by atoms with Crippen molar-refractivity contribution in [3.63, 3.8) is 0 Å². The van der Waals surface area contributed by atoms with Gasteiger partial charge in [-0.3, -0.25) is 0 Å². The van der Waals surface area contributed by atoms with Gasteiger partial charge in [-0.2, -0.15) is 0 Å². The zero-order valence-electron chi connectivity index (χ0n) is 10.7. The van der Waals surface area contributed by atoms with E-state index in [0.717, 1.165) is 38.5 Å². The largest absolute Gasteiger partial charge is 0.341 e. The standard InChI is InChI=1S/C12H26N2O/c1-5-8-12(9-6-2,10-7-3)14-11(15)13-4/h5-10H2,1-4H3,(H2,13,14,15). The van der Waals surface area contributed by atoms with E-state index in [-0.39, 0.29) is 11.6 Å². The molecule has 0 saturated heterocycles. The summed E-state index contributed by atoms with van der Waals surface area (Å²) >= 11 is 0. The van der Waals surface area contributed by atoms with Crippen molar-refractivity contribution in [3.8, 4) is 0 Å². The minimum absolute atomic E-state index is 0.0122. The first kappa shape index (κ1) is 14.3. The lowest BCUT2D eigenvalue weighted by Crippen LogP contribution is -2.51. The van der Waals surface area contributed by atoms with E-state index in [4.69, 9.17) is 0 Å². The van der Waals surface area contributed by atoms with Gasteiger partial charge in [0.2, 0.25) is 0 Å². The van der Waals surface area contributed by atoms with Gasteiger partial charge in [-0.15, -0.1) is 0 Å². The lowest BCUT2D eigenvalue weighted by molar-refractivity contribution is 0.211. The van der Waals surface area contributed by atoms with Crippen LogP contribution in [0.25, 0.3) is 0 Å². The van der Waals surface area contributed by atoms with Crippen molar-refractivity contribution < 1.29 is 4.79 Å². The summed E-state index contributed by atoms with van der Waals surface area (Å²) in [7, 11) is 1.67. The molecular formula is C12H26N2O. The molecule has 0 aliphatic carbocycles. The van der Waals surface area contributed by atoms with Gasteiger partial charge in [0, 0.05) is 12.6 Å². The Morgan fingerprint density at radius 2 is 1.40 bits per heavy atom. The first-order valence-electron chi connectivity index (χ1n) is 6.14. The summed E-state index contributed by atoms with van der Waals surface area (Å²) in [5.41, 5.74) is 0.0122. The van der Waals surface area contributed by atoms with E-state index in [1.54, 1.807) is 7.05 Å². The van der Waals surface area contributed by atoms with Crippen LogP contribution < -0.4 is 10.6 Å². The molecule has 0 aromatic rings. The van der Waals surface area contributed by atoms with Gasteiger partial charge in [0.25, 0.3) is 0 Å². The molecule has 0 spiro atoms. The van der Waals surface area contributed by atoms with Gasteiger partial charge in [-0.25, -0.2) is 4.79 Å². The topological polar surface area (TPSA) is 41.1 Å². The molecule has 0 fully saturated rings. The lowest BCUT2D eigenvalue weighted by atomic mass is 9.84. The maximum atomic E-state index is 11.4. The van der Waals surface area contributed by atoms with E-state index in [9.17, 15) is 4.79 Å². The zero-order chi connectivity index (χ0) is 11.7. The second-order valence-corrected chi connectivity index (χ2v) is 4.23. The molecule has 3 heteroatoms. The third-order valence-corrected chi connectivity index (χ3v) is 2.79. The Kier molecular flexibility index (Phi) is 7.18. The number of hydrogen-bond donors (Lipinski definition) is 2. The van der Waals surface area contributed by atoms with Crippen LogP contribution >= 0.6 is 0 Å². The molecule has 2 N–H and O–H groups in total. The molecule has 0 heterocycles. The van der Waals surface area contributed by atoms with Crippen molar-refractivity contribution >= 4 is 6.03 Å². The number of carbonyl (C=O) groups excluding carboxylic acids is 1. The zero-order valence-corrected chi connectivity index (χ0v) is 10.7. The van der Waals surface area contributed by atoms with Gasteiger partial charge in [0.15, 0.2) is 0 Å². The maximum Gasteiger partial charge on any atom is 0.314 e. The Morgan fingerprint density at radius 3 is 1.67 bits per heavy atom. The van der Waals surface area contributed by atoms with Crippen LogP contribution in [0.5, 0.6) is 0 Å². The number of carbonyl (C=O) groups is 1. The summed E-state index contributed by atoms with van der Waals surface area (Å²) in [6, 6.07) is -0.0506. The Labute approximate surface area is 94.0 Å². The van der Waals surface area contributed by atoms with Crippen LogP contribution in [0, 0.1) is 0 Å². The van der Waals surface area contributed by atoms with Gasteiger partial charge < -0.3 is 10.6 Å². The maximum absolute atomic E-state index is 11.4. The van der Waals surface area contributed by atoms with Crippen molar-refractivity contribution in [1.29, 1.82) is 0 Å². The summed E-state index contributed by atoms with van der Waals surface area (Å²) in [5, 5.41) is 5.78. The fourth-order valence-corrected chi connectivity index (χ4v) is 2.30. The highest BCUT2D eigenvalue weighted by Crippen LogP contribution is 2.25. The predicted octanol–water partition coefficient (Wildman–Crippen LogP) is 3.05. The molecule has 90 valence electrons. The van der Waals surface area contributed by atoms with Crippen LogP contribution in [-0.4, -0.2) is 18.6 Å². The smallest absolute Gasteiger partial charge is 0.314 e. The van der Waals surface area contributed by atoms with E-state index >= 15 is 0 Å². The first-order chi connectivity index (χ1) is 7.14. The van der Waals surface area contributed by atoms with Gasteiger partial charge in [0.1, 0.15) is 0 Å². The minimum Gasteiger partial charge on any atom is -0.341 e. The van der Waals surface area contributed by atoms with E-state index in [1.807, 2.05) is 0 Å². The normalized spacial score (nSPS) is 11.2. The van der Waals surface area contributed by atoms with Crippen LogP contribution in [0.1, 0.15) is 59.3 Å². The van der Waals surface area contributed by atoms with E-state index in [0.29, 0.717) is 0 Å². The third kappa shape index (κ3) is 5.05. The molecule has 0 aliphatic heterocycles. The third-order valence-electron chi connectivity index (χ3n) is 2.79. The average molecular weight is 214 g/mol. The Hall–Kier alpha value is -0.730. The molecule has 2 amide bonds. The van der Waals surface area contributed by atoms with E-state index < -0.39 is 0 Å². The number of urea groups is 1. The molecule has 0 unspecified atom stereocenters. The van der Waals surface area contributed by atoms with E-state index in [2.05, 4.69) is 31.4 Å². The second kappa shape index (κ2) is 7.55. The summed E-state index contributed by atoms with van der Waals surface area (Å²) in [6.45, 7) is 6.52. The number of nitrogens with one attached hydrogen (secondary N) is 2.